The van der Waals surface area contributed by atoms with Gasteiger partial charge in [0.25, 0.3) is 0 Å². The zero-order chi connectivity index (χ0) is 13.5. The summed E-state index contributed by atoms with van der Waals surface area (Å²) in [4.78, 5) is 22.7. The summed E-state index contributed by atoms with van der Waals surface area (Å²) in [5.74, 6) is 0.794. The van der Waals surface area contributed by atoms with E-state index in [2.05, 4.69) is 24.5 Å². The molecule has 0 spiro atoms. The van der Waals surface area contributed by atoms with E-state index < -0.39 is 5.97 Å². The molecule has 2 N–H and O–H groups in total. The molecule has 1 saturated carbocycles. The summed E-state index contributed by atoms with van der Waals surface area (Å²) in [6, 6.07) is -0.0613. The number of ether oxygens (including phenoxy) is 1. The predicted octanol–water partition coefficient (Wildman–Crippen LogP) is 1.67. The Bertz CT molecular complexity index is 294. The SMILES string of the molecule is CCOC(=O)CNC(=O)NC1CCC(CC)C1C. The second-order valence-electron chi connectivity index (χ2n) is 4.84. The van der Waals surface area contributed by atoms with Gasteiger partial charge in [0.1, 0.15) is 6.54 Å². The minimum Gasteiger partial charge on any atom is -0.465 e. The fourth-order valence-corrected chi connectivity index (χ4v) is 2.61. The number of hydrogen-bond acceptors (Lipinski definition) is 3. The smallest absolute Gasteiger partial charge is 0.325 e. The highest BCUT2D eigenvalue weighted by Gasteiger charge is 2.32. The Morgan fingerprint density at radius 1 is 1.28 bits per heavy atom. The molecule has 0 aromatic heterocycles. The van der Waals surface area contributed by atoms with Crippen molar-refractivity contribution in [2.45, 2.75) is 46.1 Å². The molecule has 3 atom stereocenters. The van der Waals surface area contributed by atoms with Crippen molar-refractivity contribution in [2.75, 3.05) is 13.2 Å². The van der Waals surface area contributed by atoms with Crippen molar-refractivity contribution in [1.82, 2.24) is 10.6 Å². The van der Waals surface area contributed by atoms with Crippen LogP contribution in [0.2, 0.25) is 0 Å². The molecule has 0 aliphatic heterocycles. The van der Waals surface area contributed by atoms with Gasteiger partial charge in [-0.15, -0.1) is 0 Å². The molecular formula is C13H24N2O3. The minimum atomic E-state index is -0.404. The van der Waals surface area contributed by atoms with Gasteiger partial charge in [-0.3, -0.25) is 4.79 Å². The highest BCUT2D eigenvalue weighted by atomic mass is 16.5. The topological polar surface area (TPSA) is 67.4 Å². The summed E-state index contributed by atoms with van der Waals surface area (Å²) in [6.45, 7) is 6.36. The third-order valence-electron chi connectivity index (χ3n) is 3.77. The first-order valence-corrected chi connectivity index (χ1v) is 6.78. The molecule has 3 unspecified atom stereocenters. The Morgan fingerprint density at radius 3 is 2.56 bits per heavy atom. The Labute approximate surface area is 109 Å². The van der Waals surface area contributed by atoms with Crippen LogP contribution >= 0.6 is 0 Å². The zero-order valence-corrected chi connectivity index (χ0v) is 11.5. The quantitative estimate of drug-likeness (QED) is 0.735. The fraction of sp³-hybridized carbons (Fsp3) is 0.846. The van der Waals surface area contributed by atoms with Gasteiger partial charge in [0.05, 0.1) is 6.61 Å². The van der Waals surface area contributed by atoms with Gasteiger partial charge in [-0.25, -0.2) is 4.79 Å². The largest absolute Gasteiger partial charge is 0.465 e. The number of esters is 1. The van der Waals surface area contributed by atoms with E-state index in [0.29, 0.717) is 18.4 Å². The van der Waals surface area contributed by atoms with Crippen LogP contribution in [0.5, 0.6) is 0 Å². The number of nitrogens with one attached hydrogen (secondary N) is 2. The summed E-state index contributed by atoms with van der Waals surface area (Å²) in [5.41, 5.74) is 0. The van der Waals surface area contributed by atoms with E-state index in [1.807, 2.05) is 0 Å². The zero-order valence-electron chi connectivity index (χ0n) is 11.5. The molecule has 0 radical (unpaired) electrons. The summed E-state index contributed by atoms with van der Waals surface area (Å²) in [7, 11) is 0. The van der Waals surface area contributed by atoms with E-state index in [0.717, 1.165) is 12.8 Å². The number of amides is 2. The average molecular weight is 256 g/mol. The Hall–Kier alpha value is -1.26. The van der Waals surface area contributed by atoms with Crippen LogP contribution in [-0.4, -0.2) is 31.2 Å². The lowest BCUT2D eigenvalue weighted by molar-refractivity contribution is -0.141. The summed E-state index contributed by atoms with van der Waals surface area (Å²) >= 11 is 0. The molecule has 5 nitrogen and oxygen atoms in total. The molecule has 0 aromatic carbocycles. The van der Waals surface area contributed by atoms with Crippen molar-refractivity contribution < 1.29 is 14.3 Å². The van der Waals surface area contributed by atoms with E-state index in [9.17, 15) is 9.59 Å². The van der Waals surface area contributed by atoms with Crippen LogP contribution < -0.4 is 10.6 Å². The van der Waals surface area contributed by atoms with Crippen molar-refractivity contribution in [1.29, 1.82) is 0 Å². The normalized spacial score (nSPS) is 26.7. The molecule has 1 fully saturated rings. The van der Waals surface area contributed by atoms with Crippen LogP contribution in [-0.2, 0) is 9.53 Å². The molecule has 0 bridgehead atoms. The second kappa shape index (κ2) is 7.24. The monoisotopic (exact) mass is 256 g/mol. The first-order chi connectivity index (χ1) is 8.58. The van der Waals surface area contributed by atoms with Crippen molar-refractivity contribution in [3.05, 3.63) is 0 Å². The molecular weight excluding hydrogens is 232 g/mol. The van der Waals surface area contributed by atoms with Crippen molar-refractivity contribution in [2.24, 2.45) is 11.8 Å². The van der Waals surface area contributed by atoms with E-state index in [-0.39, 0.29) is 18.6 Å². The maximum Gasteiger partial charge on any atom is 0.325 e. The second-order valence-corrected chi connectivity index (χ2v) is 4.84. The molecule has 0 saturated heterocycles. The lowest BCUT2D eigenvalue weighted by Gasteiger charge is -2.21. The van der Waals surface area contributed by atoms with Gasteiger partial charge in [0.15, 0.2) is 0 Å². The van der Waals surface area contributed by atoms with Crippen LogP contribution in [0.1, 0.15) is 40.0 Å². The van der Waals surface area contributed by atoms with Gasteiger partial charge in [-0.1, -0.05) is 20.3 Å². The molecule has 0 aromatic rings. The molecule has 1 aliphatic rings. The number of rotatable bonds is 5. The van der Waals surface area contributed by atoms with E-state index in [1.54, 1.807) is 6.92 Å². The summed E-state index contributed by atoms with van der Waals surface area (Å²) in [6.07, 6.45) is 3.34. The average Bonchev–Trinajstić information content (AvgIpc) is 2.68. The number of hydrogen-bond donors (Lipinski definition) is 2. The standard InChI is InChI=1S/C13H24N2O3/c1-4-10-6-7-11(9(10)3)15-13(17)14-8-12(16)18-5-2/h9-11H,4-8H2,1-3H3,(H2,14,15,17). The summed E-state index contributed by atoms with van der Waals surface area (Å²) in [5, 5.41) is 5.46. The maximum absolute atomic E-state index is 11.6. The van der Waals surface area contributed by atoms with Crippen LogP contribution in [0.3, 0.4) is 0 Å². The van der Waals surface area contributed by atoms with Crippen molar-refractivity contribution >= 4 is 12.0 Å². The van der Waals surface area contributed by atoms with Gasteiger partial charge in [0.2, 0.25) is 0 Å². The molecule has 1 rings (SSSR count). The van der Waals surface area contributed by atoms with Gasteiger partial charge in [-0.2, -0.15) is 0 Å². The van der Waals surface area contributed by atoms with Crippen LogP contribution in [0.25, 0.3) is 0 Å². The number of carbonyl (C=O) groups is 2. The fourth-order valence-electron chi connectivity index (χ4n) is 2.61. The van der Waals surface area contributed by atoms with E-state index >= 15 is 0 Å². The molecule has 1 aliphatic carbocycles. The van der Waals surface area contributed by atoms with E-state index in [1.165, 1.54) is 6.42 Å². The molecule has 18 heavy (non-hydrogen) atoms. The van der Waals surface area contributed by atoms with Crippen molar-refractivity contribution in [3.63, 3.8) is 0 Å². The lowest BCUT2D eigenvalue weighted by Crippen LogP contribution is -2.45. The summed E-state index contributed by atoms with van der Waals surface area (Å²) < 4.78 is 4.74. The molecule has 2 amide bonds. The minimum absolute atomic E-state index is 0.0714. The number of urea groups is 1. The van der Waals surface area contributed by atoms with Crippen LogP contribution in [0, 0.1) is 11.8 Å². The highest BCUT2D eigenvalue weighted by Crippen LogP contribution is 2.33. The Morgan fingerprint density at radius 2 is 2.00 bits per heavy atom. The first kappa shape index (κ1) is 14.8. The van der Waals surface area contributed by atoms with Gasteiger partial charge in [0, 0.05) is 6.04 Å². The third-order valence-corrected chi connectivity index (χ3v) is 3.77. The molecule has 0 heterocycles. The van der Waals surface area contributed by atoms with Gasteiger partial charge < -0.3 is 15.4 Å². The molecule has 5 heteroatoms. The van der Waals surface area contributed by atoms with Gasteiger partial charge in [-0.05, 0) is 31.6 Å². The number of carbonyl (C=O) groups excluding carboxylic acids is 2. The van der Waals surface area contributed by atoms with Crippen LogP contribution in [0.4, 0.5) is 4.79 Å². The predicted molar refractivity (Wildman–Crippen MR) is 69.1 cm³/mol. The maximum atomic E-state index is 11.6. The van der Waals surface area contributed by atoms with Crippen LogP contribution in [0.15, 0.2) is 0 Å². The first-order valence-electron chi connectivity index (χ1n) is 6.78. The van der Waals surface area contributed by atoms with E-state index in [4.69, 9.17) is 4.74 Å². The molecule has 104 valence electrons. The Kier molecular flexibility index (Phi) is 5.95. The van der Waals surface area contributed by atoms with Gasteiger partial charge >= 0.3 is 12.0 Å². The third kappa shape index (κ3) is 4.20. The Balaban J connectivity index is 2.26. The lowest BCUT2D eigenvalue weighted by atomic mass is 9.94. The highest BCUT2D eigenvalue weighted by molar-refractivity contribution is 5.80. The van der Waals surface area contributed by atoms with Crippen molar-refractivity contribution in [3.8, 4) is 0 Å².